The molecule has 0 aliphatic heterocycles. The molecule has 9 nitrogen and oxygen atoms in total. The van der Waals surface area contributed by atoms with Gasteiger partial charge in [0.1, 0.15) is 5.69 Å². The number of nitrogens with one attached hydrogen (secondary N) is 3. The number of nitrogens with zero attached hydrogens (tertiary/aromatic N) is 1. The number of benzene rings is 3. The van der Waals surface area contributed by atoms with Crippen molar-refractivity contribution in [1.82, 2.24) is 4.98 Å². The molecule has 0 radical (unpaired) electrons. The summed E-state index contributed by atoms with van der Waals surface area (Å²) in [6.07, 6.45) is 1.04. The molecular formula is C23H18N4O5S2. The normalized spacial score (nSPS) is 11.6. The average molecular weight is 495 g/mol. The second-order valence-electron chi connectivity index (χ2n) is 7.48. The van der Waals surface area contributed by atoms with Crippen molar-refractivity contribution in [2.75, 3.05) is 16.3 Å². The molecule has 1 aromatic heterocycles. The highest BCUT2D eigenvalue weighted by atomic mass is 32.2. The van der Waals surface area contributed by atoms with Crippen molar-refractivity contribution >= 4 is 48.0 Å². The van der Waals surface area contributed by atoms with Crippen LogP contribution in [0.4, 0.5) is 11.4 Å². The van der Waals surface area contributed by atoms with Gasteiger partial charge in [0.2, 0.25) is 19.9 Å². The Labute approximate surface area is 196 Å². The molecule has 34 heavy (non-hydrogen) atoms. The third kappa shape index (κ3) is 4.93. The number of H-pyrrole nitrogens is 1. The summed E-state index contributed by atoms with van der Waals surface area (Å²) in [5, 5.41) is 12.4. The average Bonchev–Trinajstić information content (AvgIpc) is 3.22. The number of hydrogen-bond donors (Lipinski definition) is 3. The van der Waals surface area contributed by atoms with E-state index in [1.54, 1.807) is 30.3 Å². The minimum absolute atomic E-state index is 0.0239. The van der Waals surface area contributed by atoms with Gasteiger partial charge < -0.3 is 10.3 Å². The summed E-state index contributed by atoms with van der Waals surface area (Å²) >= 11 is 0. The number of hydrogen-bond acceptors (Lipinski definition) is 6. The number of sulfone groups is 1. The number of carbonyl (C=O) groups is 1. The lowest BCUT2D eigenvalue weighted by Crippen LogP contribution is -2.13. The summed E-state index contributed by atoms with van der Waals surface area (Å²) in [7, 11) is -7.35. The summed E-state index contributed by atoms with van der Waals surface area (Å²) in [5.41, 5.74) is 1.59. The van der Waals surface area contributed by atoms with Crippen LogP contribution in [0, 0.1) is 11.3 Å². The predicted molar refractivity (Wildman–Crippen MR) is 128 cm³/mol. The van der Waals surface area contributed by atoms with Crippen LogP contribution in [0.5, 0.6) is 0 Å². The van der Waals surface area contributed by atoms with E-state index in [1.165, 1.54) is 42.5 Å². The van der Waals surface area contributed by atoms with Gasteiger partial charge in [0.15, 0.2) is 0 Å². The fourth-order valence-corrected chi connectivity index (χ4v) is 5.24. The molecule has 4 rings (SSSR count). The van der Waals surface area contributed by atoms with Gasteiger partial charge in [0.25, 0.3) is 5.91 Å². The van der Waals surface area contributed by atoms with Crippen molar-refractivity contribution < 1.29 is 21.6 Å². The number of fused-ring (bicyclic) bond motifs is 1. The Morgan fingerprint density at radius 3 is 2.29 bits per heavy atom. The van der Waals surface area contributed by atoms with Crippen molar-refractivity contribution in [3.63, 3.8) is 0 Å². The zero-order valence-electron chi connectivity index (χ0n) is 17.7. The molecule has 0 spiro atoms. The third-order valence-electron chi connectivity index (χ3n) is 4.85. The third-order valence-corrected chi connectivity index (χ3v) is 7.20. The molecule has 0 saturated heterocycles. The Morgan fingerprint density at radius 2 is 1.59 bits per heavy atom. The van der Waals surface area contributed by atoms with Crippen LogP contribution in [0.3, 0.4) is 0 Å². The maximum absolute atomic E-state index is 13.0. The van der Waals surface area contributed by atoms with E-state index in [0.29, 0.717) is 16.6 Å². The van der Waals surface area contributed by atoms with Gasteiger partial charge in [-0.2, -0.15) is 5.26 Å². The van der Waals surface area contributed by atoms with E-state index in [0.717, 1.165) is 6.26 Å². The fourth-order valence-electron chi connectivity index (χ4n) is 3.34. The molecular weight excluding hydrogens is 476 g/mol. The van der Waals surface area contributed by atoms with Crippen LogP contribution >= 0.6 is 0 Å². The zero-order chi connectivity index (χ0) is 24.5. The maximum atomic E-state index is 13.0. The number of carbonyl (C=O) groups excluding carboxylic acids is 1. The van der Waals surface area contributed by atoms with Gasteiger partial charge in [-0.15, -0.1) is 0 Å². The molecule has 1 heterocycles. The molecule has 3 N–H and O–H groups in total. The van der Waals surface area contributed by atoms with Crippen LogP contribution < -0.4 is 10.0 Å². The smallest absolute Gasteiger partial charge is 0.272 e. The van der Waals surface area contributed by atoms with Crippen molar-refractivity contribution in [2.45, 2.75) is 9.79 Å². The molecule has 0 aliphatic rings. The highest BCUT2D eigenvalue weighted by molar-refractivity contribution is 7.92. The lowest BCUT2D eigenvalue weighted by Gasteiger charge is -2.08. The molecule has 11 heteroatoms. The van der Waals surface area contributed by atoms with Gasteiger partial charge in [-0.1, -0.05) is 18.2 Å². The van der Waals surface area contributed by atoms with E-state index in [9.17, 15) is 21.6 Å². The van der Waals surface area contributed by atoms with Gasteiger partial charge in [0, 0.05) is 16.6 Å². The number of rotatable bonds is 6. The molecule has 1 amide bonds. The van der Waals surface area contributed by atoms with Crippen LogP contribution in [0.15, 0.2) is 82.6 Å². The van der Waals surface area contributed by atoms with Crippen molar-refractivity contribution in [3.8, 4) is 6.07 Å². The first-order valence-corrected chi connectivity index (χ1v) is 13.2. The van der Waals surface area contributed by atoms with Crippen molar-refractivity contribution in [2.24, 2.45) is 0 Å². The van der Waals surface area contributed by atoms with Gasteiger partial charge in [-0.05, 0) is 54.6 Å². The molecule has 172 valence electrons. The largest absolute Gasteiger partial charge is 0.350 e. The molecule has 3 aromatic carbocycles. The second-order valence-corrected chi connectivity index (χ2v) is 11.2. The minimum Gasteiger partial charge on any atom is -0.350 e. The topological polar surface area (TPSA) is 149 Å². The summed E-state index contributed by atoms with van der Waals surface area (Å²) in [5.74, 6) is -0.505. The predicted octanol–water partition coefficient (Wildman–Crippen LogP) is 3.50. The van der Waals surface area contributed by atoms with E-state index in [-0.39, 0.29) is 26.7 Å². The van der Waals surface area contributed by atoms with E-state index in [4.69, 9.17) is 5.26 Å². The summed E-state index contributed by atoms with van der Waals surface area (Å²) < 4.78 is 51.2. The fraction of sp³-hybridized carbons (Fsp3) is 0.0435. The lowest BCUT2D eigenvalue weighted by atomic mass is 10.2. The number of aromatic amines is 1. The highest BCUT2D eigenvalue weighted by Crippen LogP contribution is 2.25. The molecule has 0 aliphatic carbocycles. The standard InChI is InChI=1S/C23H18N4O5S2/c1-33(29,30)27-18-9-8-16-11-22(26-21(16)13-18)23(28)25-17-5-3-7-20(12-17)34(31,32)19-6-2-4-15(10-19)14-24/h2-13,26-27H,1H3,(H,25,28). The Balaban J connectivity index is 1.59. The Hall–Kier alpha value is -4.14. The van der Waals surface area contributed by atoms with Crippen LogP contribution in [0.25, 0.3) is 10.9 Å². The van der Waals surface area contributed by atoms with Gasteiger partial charge >= 0.3 is 0 Å². The minimum atomic E-state index is -3.90. The van der Waals surface area contributed by atoms with E-state index < -0.39 is 25.8 Å². The number of nitriles is 1. The first-order chi connectivity index (χ1) is 16.0. The monoisotopic (exact) mass is 494 g/mol. The van der Waals surface area contributed by atoms with Gasteiger partial charge in [0.05, 0.1) is 33.4 Å². The first kappa shape index (κ1) is 23.0. The Morgan fingerprint density at radius 1 is 0.882 bits per heavy atom. The van der Waals surface area contributed by atoms with Crippen LogP contribution in [0.1, 0.15) is 16.1 Å². The van der Waals surface area contributed by atoms with Crippen LogP contribution in [0.2, 0.25) is 0 Å². The summed E-state index contributed by atoms with van der Waals surface area (Å²) in [6.45, 7) is 0. The quantitative estimate of drug-likeness (QED) is 0.373. The maximum Gasteiger partial charge on any atom is 0.272 e. The van der Waals surface area contributed by atoms with Crippen molar-refractivity contribution in [1.29, 1.82) is 5.26 Å². The Bertz CT molecular complexity index is 1680. The molecule has 0 saturated carbocycles. The molecule has 4 aromatic rings. The van der Waals surface area contributed by atoms with E-state index in [2.05, 4.69) is 15.0 Å². The van der Waals surface area contributed by atoms with Crippen LogP contribution in [-0.2, 0) is 19.9 Å². The number of aromatic nitrogens is 1. The van der Waals surface area contributed by atoms with E-state index >= 15 is 0 Å². The Kier molecular flexibility index (Phi) is 5.87. The number of sulfonamides is 1. The van der Waals surface area contributed by atoms with Crippen molar-refractivity contribution in [3.05, 3.63) is 84.1 Å². The van der Waals surface area contributed by atoms with Crippen LogP contribution in [-0.4, -0.2) is 34.0 Å². The molecule has 0 unspecified atom stereocenters. The molecule has 0 fully saturated rings. The molecule has 0 atom stereocenters. The number of amides is 1. The summed E-state index contributed by atoms with van der Waals surface area (Å²) in [4.78, 5) is 15.6. The highest BCUT2D eigenvalue weighted by Gasteiger charge is 2.19. The summed E-state index contributed by atoms with van der Waals surface area (Å²) in [6, 6.07) is 19.8. The SMILES string of the molecule is CS(=O)(=O)Nc1ccc2cc(C(=O)Nc3cccc(S(=O)(=O)c4cccc(C#N)c4)c3)[nH]c2c1. The molecule has 0 bridgehead atoms. The van der Waals surface area contributed by atoms with Gasteiger partial charge in [-0.3, -0.25) is 9.52 Å². The lowest BCUT2D eigenvalue weighted by molar-refractivity contribution is 0.102. The van der Waals surface area contributed by atoms with E-state index in [1.807, 2.05) is 6.07 Å². The second kappa shape index (κ2) is 8.66. The first-order valence-electron chi connectivity index (χ1n) is 9.82. The van der Waals surface area contributed by atoms with Gasteiger partial charge in [-0.25, -0.2) is 16.8 Å². The zero-order valence-corrected chi connectivity index (χ0v) is 19.4. The number of anilines is 2.